The van der Waals surface area contributed by atoms with Gasteiger partial charge in [0.15, 0.2) is 5.96 Å². The summed E-state index contributed by atoms with van der Waals surface area (Å²) in [4.78, 5) is 4.04. The van der Waals surface area contributed by atoms with Crippen LogP contribution in [0.1, 0.15) is 11.1 Å². The molecule has 22 heavy (non-hydrogen) atoms. The van der Waals surface area contributed by atoms with Crippen molar-refractivity contribution in [1.82, 2.24) is 10.6 Å². The highest BCUT2D eigenvalue weighted by Gasteiger charge is 2.06. The van der Waals surface area contributed by atoms with Crippen LogP contribution in [0, 0.1) is 11.6 Å². The second-order valence-corrected chi connectivity index (χ2v) is 5.01. The molecule has 0 fully saturated rings. The van der Waals surface area contributed by atoms with E-state index >= 15 is 0 Å². The molecule has 0 aliphatic rings. The van der Waals surface area contributed by atoms with Gasteiger partial charge in [-0.25, -0.2) is 8.78 Å². The maximum absolute atomic E-state index is 13.5. The molecule has 0 heterocycles. The van der Waals surface area contributed by atoms with Gasteiger partial charge in [0.25, 0.3) is 0 Å². The van der Waals surface area contributed by atoms with Gasteiger partial charge in [0.05, 0.1) is 0 Å². The topological polar surface area (TPSA) is 36.4 Å². The SMILES string of the molecule is CN=C(NCc1cc(F)ccc1F)NCc1ccccc1Cl. The molecule has 2 rings (SSSR count). The summed E-state index contributed by atoms with van der Waals surface area (Å²) in [5.41, 5.74) is 1.16. The van der Waals surface area contributed by atoms with Gasteiger partial charge in [-0.1, -0.05) is 29.8 Å². The number of rotatable bonds is 4. The highest BCUT2D eigenvalue weighted by atomic mass is 35.5. The molecule has 2 aromatic carbocycles. The first kappa shape index (κ1) is 16.2. The molecular weight excluding hydrogens is 308 g/mol. The first-order chi connectivity index (χ1) is 10.6. The molecule has 0 spiro atoms. The smallest absolute Gasteiger partial charge is 0.191 e. The minimum atomic E-state index is -0.475. The highest BCUT2D eigenvalue weighted by Crippen LogP contribution is 2.14. The lowest BCUT2D eigenvalue weighted by Crippen LogP contribution is -2.36. The summed E-state index contributed by atoms with van der Waals surface area (Å²) < 4.78 is 26.7. The fourth-order valence-electron chi connectivity index (χ4n) is 1.90. The lowest BCUT2D eigenvalue weighted by atomic mass is 10.2. The van der Waals surface area contributed by atoms with Crippen molar-refractivity contribution in [3.63, 3.8) is 0 Å². The van der Waals surface area contributed by atoms with Crippen LogP contribution in [0.4, 0.5) is 8.78 Å². The minimum Gasteiger partial charge on any atom is -0.352 e. The maximum atomic E-state index is 13.5. The molecule has 0 aliphatic heterocycles. The largest absolute Gasteiger partial charge is 0.352 e. The molecule has 2 aromatic rings. The van der Waals surface area contributed by atoms with Gasteiger partial charge in [0.2, 0.25) is 0 Å². The number of guanidine groups is 1. The Balaban J connectivity index is 1.93. The maximum Gasteiger partial charge on any atom is 0.191 e. The first-order valence-electron chi connectivity index (χ1n) is 6.72. The summed E-state index contributed by atoms with van der Waals surface area (Å²) in [7, 11) is 1.60. The molecule has 0 aliphatic carbocycles. The van der Waals surface area contributed by atoms with Gasteiger partial charge in [-0.3, -0.25) is 4.99 Å². The average molecular weight is 324 g/mol. The zero-order chi connectivity index (χ0) is 15.9. The Labute approximate surface area is 133 Å². The van der Waals surface area contributed by atoms with Gasteiger partial charge in [-0.05, 0) is 29.8 Å². The van der Waals surface area contributed by atoms with Crippen LogP contribution in [0.2, 0.25) is 5.02 Å². The molecule has 0 amide bonds. The predicted octanol–water partition coefficient (Wildman–Crippen LogP) is 3.48. The Morgan fingerprint density at radius 2 is 1.73 bits per heavy atom. The molecule has 3 nitrogen and oxygen atoms in total. The third-order valence-corrected chi connectivity index (χ3v) is 3.45. The van der Waals surface area contributed by atoms with Crippen molar-refractivity contribution < 1.29 is 8.78 Å². The molecule has 0 aromatic heterocycles. The Bertz CT molecular complexity index is 674. The quantitative estimate of drug-likeness (QED) is 0.667. The average Bonchev–Trinajstić information content (AvgIpc) is 2.52. The van der Waals surface area contributed by atoms with Crippen LogP contribution in [-0.2, 0) is 13.1 Å². The number of nitrogens with one attached hydrogen (secondary N) is 2. The van der Waals surface area contributed by atoms with Gasteiger partial charge >= 0.3 is 0 Å². The fraction of sp³-hybridized carbons (Fsp3) is 0.188. The molecule has 2 N–H and O–H groups in total. The van der Waals surface area contributed by atoms with Crippen molar-refractivity contribution in [2.75, 3.05) is 7.05 Å². The second kappa shape index (κ2) is 7.75. The summed E-state index contributed by atoms with van der Waals surface area (Å²) in [5, 5.41) is 6.66. The van der Waals surface area contributed by atoms with E-state index in [1.807, 2.05) is 18.2 Å². The lowest BCUT2D eigenvalue weighted by molar-refractivity contribution is 0.581. The van der Waals surface area contributed by atoms with E-state index in [1.165, 1.54) is 0 Å². The zero-order valence-electron chi connectivity index (χ0n) is 12.0. The second-order valence-electron chi connectivity index (χ2n) is 4.61. The summed E-state index contributed by atoms with van der Waals surface area (Å²) in [6.45, 7) is 0.608. The van der Waals surface area contributed by atoms with Crippen LogP contribution in [0.3, 0.4) is 0 Å². The molecule has 116 valence electrons. The summed E-state index contributed by atoms with van der Waals surface area (Å²) in [6.07, 6.45) is 0. The van der Waals surface area contributed by atoms with Crippen molar-refractivity contribution in [1.29, 1.82) is 0 Å². The molecule has 0 bridgehead atoms. The third kappa shape index (κ3) is 4.43. The van der Waals surface area contributed by atoms with Crippen LogP contribution in [-0.4, -0.2) is 13.0 Å². The van der Waals surface area contributed by atoms with Crippen LogP contribution in [0.15, 0.2) is 47.5 Å². The molecule has 6 heteroatoms. The number of hydrogen-bond donors (Lipinski definition) is 2. The number of benzene rings is 2. The van der Waals surface area contributed by atoms with E-state index in [2.05, 4.69) is 15.6 Å². The van der Waals surface area contributed by atoms with E-state index in [1.54, 1.807) is 13.1 Å². The van der Waals surface area contributed by atoms with Crippen molar-refractivity contribution >= 4 is 17.6 Å². The molecule has 0 unspecified atom stereocenters. The molecular formula is C16H16ClF2N3. The Morgan fingerprint density at radius 1 is 1.05 bits per heavy atom. The van der Waals surface area contributed by atoms with Crippen molar-refractivity contribution in [3.8, 4) is 0 Å². The Morgan fingerprint density at radius 3 is 2.41 bits per heavy atom. The van der Waals surface area contributed by atoms with E-state index in [0.717, 1.165) is 23.8 Å². The van der Waals surface area contributed by atoms with Crippen molar-refractivity contribution in [2.24, 2.45) is 4.99 Å². The van der Waals surface area contributed by atoms with E-state index < -0.39 is 11.6 Å². The standard InChI is InChI=1S/C16H16ClF2N3/c1-20-16(21-9-11-4-2-3-5-14(11)17)22-10-12-8-13(18)6-7-15(12)19/h2-8H,9-10H2,1H3,(H2,20,21,22). The van der Waals surface area contributed by atoms with Gasteiger partial charge in [-0.2, -0.15) is 0 Å². The van der Waals surface area contributed by atoms with E-state index in [0.29, 0.717) is 17.5 Å². The van der Waals surface area contributed by atoms with Crippen LogP contribution in [0.5, 0.6) is 0 Å². The van der Waals surface area contributed by atoms with Crippen LogP contribution >= 0.6 is 11.6 Å². The Hall–Kier alpha value is -2.14. The monoisotopic (exact) mass is 323 g/mol. The predicted molar refractivity (Wildman–Crippen MR) is 84.8 cm³/mol. The third-order valence-electron chi connectivity index (χ3n) is 3.08. The van der Waals surface area contributed by atoms with Gasteiger partial charge in [-0.15, -0.1) is 0 Å². The zero-order valence-corrected chi connectivity index (χ0v) is 12.8. The fourth-order valence-corrected chi connectivity index (χ4v) is 2.10. The Kier molecular flexibility index (Phi) is 5.72. The van der Waals surface area contributed by atoms with Crippen LogP contribution in [0.25, 0.3) is 0 Å². The van der Waals surface area contributed by atoms with Crippen LogP contribution < -0.4 is 10.6 Å². The molecule has 0 atom stereocenters. The number of hydrogen-bond acceptors (Lipinski definition) is 1. The van der Waals surface area contributed by atoms with Gasteiger partial charge in [0, 0.05) is 30.7 Å². The highest BCUT2D eigenvalue weighted by molar-refractivity contribution is 6.31. The number of halogens is 3. The van der Waals surface area contributed by atoms with Gasteiger partial charge in [0.1, 0.15) is 11.6 Å². The molecule has 0 saturated heterocycles. The lowest BCUT2D eigenvalue weighted by Gasteiger charge is -2.13. The van der Waals surface area contributed by atoms with E-state index in [-0.39, 0.29) is 12.1 Å². The number of nitrogens with zero attached hydrogens (tertiary/aromatic N) is 1. The van der Waals surface area contributed by atoms with Crippen molar-refractivity contribution in [3.05, 3.63) is 70.2 Å². The normalized spacial score (nSPS) is 11.4. The summed E-state index contributed by atoms with van der Waals surface area (Å²) in [5.74, 6) is -0.462. The summed E-state index contributed by atoms with van der Waals surface area (Å²) >= 11 is 6.07. The number of aliphatic imine (C=N–C) groups is 1. The van der Waals surface area contributed by atoms with Gasteiger partial charge < -0.3 is 10.6 Å². The van der Waals surface area contributed by atoms with E-state index in [9.17, 15) is 8.78 Å². The summed E-state index contributed by atoms with van der Waals surface area (Å²) in [6, 6.07) is 10.8. The molecule has 0 radical (unpaired) electrons. The van der Waals surface area contributed by atoms with Crippen molar-refractivity contribution in [2.45, 2.75) is 13.1 Å². The first-order valence-corrected chi connectivity index (χ1v) is 7.10. The molecule has 0 saturated carbocycles. The van der Waals surface area contributed by atoms with E-state index in [4.69, 9.17) is 11.6 Å². The minimum absolute atomic E-state index is 0.131.